The van der Waals surface area contributed by atoms with E-state index in [1.807, 2.05) is 20.8 Å². The van der Waals surface area contributed by atoms with Gasteiger partial charge in [0.1, 0.15) is 0 Å². The fourth-order valence-corrected chi connectivity index (χ4v) is 3.38. The molecule has 2 saturated heterocycles. The van der Waals surface area contributed by atoms with E-state index in [2.05, 4.69) is 4.90 Å². The molecule has 0 amide bonds. The molecule has 2 N–H and O–H groups in total. The van der Waals surface area contributed by atoms with Crippen LogP contribution in [0.3, 0.4) is 0 Å². The lowest BCUT2D eigenvalue weighted by atomic mass is 9.79. The highest BCUT2D eigenvalue weighted by atomic mass is 16.5. The van der Waals surface area contributed by atoms with Crippen LogP contribution < -0.4 is 0 Å². The molecule has 4 nitrogen and oxygen atoms in total. The van der Waals surface area contributed by atoms with Crippen molar-refractivity contribution < 1.29 is 14.9 Å². The van der Waals surface area contributed by atoms with Gasteiger partial charge in [-0.2, -0.15) is 0 Å². The van der Waals surface area contributed by atoms with E-state index in [0.717, 1.165) is 19.4 Å². The number of nitrogens with zero attached hydrogens (tertiary/aromatic N) is 1. The predicted molar refractivity (Wildman–Crippen MR) is 70.4 cm³/mol. The molecular weight excluding hydrogens is 230 g/mol. The molecule has 18 heavy (non-hydrogen) atoms. The Bertz CT molecular complexity index is 285. The van der Waals surface area contributed by atoms with Crippen molar-refractivity contribution in [1.82, 2.24) is 4.90 Å². The van der Waals surface area contributed by atoms with Crippen molar-refractivity contribution in [2.45, 2.75) is 57.3 Å². The van der Waals surface area contributed by atoms with E-state index in [1.165, 1.54) is 0 Å². The summed E-state index contributed by atoms with van der Waals surface area (Å²) in [7, 11) is 0. The van der Waals surface area contributed by atoms with Gasteiger partial charge in [0.05, 0.1) is 17.8 Å². The largest absolute Gasteiger partial charge is 0.390 e. The molecule has 3 atom stereocenters. The molecule has 0 spiro atoms. The van der Waals surface area contributed by atoms with Crippen molar-refractivity contribution in [3.8, 4) is 0 Å². The first-order chi connectivity index (χ1) is 8.30. The van der Waals surface area contributed by atoms with Gasteiger partial charge in [0, 0.05) is 25.1 Å². The van der Waals surface area contributed by atoms with E-state index in [0.29, 0.717) is 32.2 Å². The maximum absolute atomic E-state index is 10.5. The van der Waals surface area contributed by atoms with Gasteiger partial charge in [0.2, 0.25) is 0 Å². The number of hydrogen-bond acceptors (Lipinski definition) is 4. The summed E-state index contributed by atoms with van der Waals surface area (Å²) >= 11 is 0. The molecule has 2 rings (SSSR count). The standard InChI is InChI=1S/C14H27NO3/c1-13(2,16)10-15-7-4-5-12(15)11-9-18-8-6-14(11,3)17/h11-12,16-17H,4-10H2,1-3H3/t11-,12+,14+/m0/s1. The van der Waals surface area contributed by atoms with E-state index in [-0.39, 0.29) is 5.92 Å². The zero-order chi connectivity index (χ0) is 13.4. The zero-order valence-electron chi connectivity index (χ0n) is 11.9. The maximum atomic E-state index is 10.5. The van der Waals surface area contributed by atoms with Crippen LogP contribution in [0.2, 0.25) is 0 Å². The third-order valence-electron chi connectivity index (χ3n) is 4.32. The van der Waals surface area contributed by atoms with Crippen molar-refractivity contribution in [2.24, 2.45) is 5.92 Å². The topological polar surface area (TPSA) is 52.9 Å². The molecule has 0 bridgehead atoms. The quantitative estimate of drug-likeness (QED) is 0.792. The minimum atomic E-state index is -0.677. The summed E-state index contributed by atoms with van der Waals surface area (Å²) in [5, 5.41) is 20.5. The first-order valence-electron chi connectivity index (χ1n) is 7.06. The SMILES string of the molecule is CC(C)(O)CN1CCC[C@@H]1[C@@H]1COCC[C@@]1(C)O. The molecule has 0 saturated carbocycles. The van der Waals surface area contributed by atoms with Gasteiger partial charge in [-0.3, -0.25) is 4.90 Å². The molecule has 0 aliphatic carbocycles. The lowest BCUT2D eigenvalue weighted by molar-refractivity contribution is -0.127. The van der Waals surface area contributed by atoms with Gasteiger partial charge in [-0.25, -0.2) is 0 Å². The smallest absolute Gasteiger partial charge is 0.0718 e. The van der Waals surface area contributed by atoms with Gasteiger partial charge in [0.25, 0.3) is 0 Å². The predicted octanol–water partition coefficient (Wildman–Crippen LogP) is 1.01. The second-order valence-corrected chi connectivity index (χ2v) is 6.78. The number of hydrogen-bond donors (Lipinski definition) is 2. The first-order valence-corrected chi connectivity index (χ1v) is 7.06. The second kappa shape index (κ2) is 5.08. The Morgan fingerprint density at radius 1 is 1.44 bits per heavy atom. The van der Waals surface area contributed by atoms with Crippen molar-refractivity contribution in [3.63, 3.8) is 0 Å². The Morgan fingerprint density at radius 3 is 2.78 bits per heavy atom. The van der Waals surface area contributed by atoms with Gasteiger partial charge in [-0.1, -0.05) is 0 Å². The third-order valence-corrected chi connectivity index (χ3v) is 4.32. The highest BCUT2D eigenvalue weighted by molar-refractivity contribution is 4.97. The van der Waals surface area contributed by atoms with E-state index in [4.69, 9.17) is 4.74 Å². The van der Waals surface area contributed by atoms with Crippen LogP contribution in [0.4, 0.5) is 0 Å². The van der Waals surface area contributed by atoms with Gasteiger partial charge in [-0.15, -0.1) is 0 Å². The fourth-order valence-electron chi connectivity index (χ4n) is 3.38. The maximum Gasteiger partial charge on any atom is 0.0718 e. The van der Waals surface area contributed by atoms with Gasteiger partial charge in [0.15, 0.2) is 0 Å². The number of aliphatic hydroxyl groups is 2. The van der Waals surface area contributed by atoms with Crippen molar-refractivity contribution >= 4 is 0 Å². The summed E-state index contributed by atoms with van der Waals surface area (Å²) in [5.74, 6) is 0.163. The molecule has 4 heteroatoms. The Morgan fingerprint density at radius 2 is 2.17 bits per heavy atom. The average Bonchev–Trinajstić information content (AvgIpc) is 2.62. The first kappa shape index (κ1) is 14.3. The summed E-state index contributed by atoms with van der Waals surface area (Å²) in [6.45, 7) is 8.60. The number of β-amino-alcohol motifs (C(OH)–C–C–N with tert-alkyl or cyclic N) is 1. The normalized spacial score (nSPS) is 39.2. The molecule has 106 valence electrons. The van der Waals surface area contributed by atoms with Crippen LogP contribution in [0.1, 0.15) is 40.0 Å². The number of likely N-dealkylation sites (tertiary alicyclic amines) is 1. The molecule has 0 aromatic rings. The van der Waals surface area contributed by atoms with Crippen molar-refractivity contribution in [2.75, 3.05) is 26.3 Å². The number of rotatable bonds is 3. The van der Waals surface area contributed by atoms with E-state index < -0.39 is 11.2 Å². The average molecular weight is 257 g/mol. The van der Waals surface area contributed by atoms with Crippen molar-refractivity contribution in [1.29, 1.82) is 0 Å². The van der Waals surface area contributed by atoms with Crippen LogP contribution in [-0.4, -0.2) is 58.7 Å². The molecule has 0 aromatic carbocycles. The molecule has 0 unspecified atom stereocenters. The molecule has 2 fully saturated rings. The lowest BCUT2D eigenvalue weighted by Gasteiger charge is -2.44. The highest BCUT2D eigenvalue weighted by Gasteiger charge is 2.44. The highest BCUT2D eigenvalue weighted by Crippen LogP contribution is 2.36. The van der Waals surface area contributed by atoms with Crippen molar-refractivity contribution in [3.05, 3.63) is 0 Å². The summed E-state index contributed by atoms with van der Waals surface area (Å²) in [4.78, 5) is 2.33. The summed E-state index contributed by atoms with van der Waals surface area (Å²) < 4.78 is 5.56. The monoisotopic (exact) mass is 257 g/mol. The summed E-state index contributed by atoms with van der Waals surface area (Å²) in [6.07, 6.45) is 2.96. The minimum absolute atomic E-state index is 0.163. The molecule has 2 heterocycles. The van der Waals surface area contributed by atoms with E-state index in [1.54, 1.807) is 0 Å². The van der Waals surface area contributed by atoms with Crippen LogP contribution in [0.15, 0.2) is 0 Å². The zero-order valence-corrected chi connectivity index (χ0v) is 11.9. The molecule has 2 aliphatic heterocycles. The van der Waals surface area contributed by atoms with E-state index >= 15 is 0 Å². The molecular formula is C14H27NO3. The number of ether oxygens (including phenoxy) is 1. The minimum Gasteiger partial charge on any atom is -0.390 e. The molecule has 2 aliphatic rings. The van der Waals surface area contributed by atoms with Crippen LogP contribution >= 0.6 is 0 Å². The van der Waals surface area contributed by atoms with Crippen LogP contribution in [0.5, 0.6) is 0 Å². The van der Waals surface area contributed by atoms with Gasteiger partial charge < -0.3 is 14.9 Å². The van der Waals surface area contributed by atoms with Crippen LogP contribution in [-0.2, 0) is 4.74 Å². The summed E-state index contributed by atoms with van der Waals surface area (Å²) in [5.41, 5.74) is -1.31. The molecule has 0 radical (unpaired) electrons. The molecule has 0 aromatic heterocycles. The Kier molecular flexibility index (Phi) is 4.02. The van der Waals surface area contributed by atoms with Crippen LogP contribution in [0.25, 0.3) is 0 Å². The Hall–Kier alpha value is -0.160. The van der Waals surface area contributed by atoms with Crippen LogP contribution in [0, 0.1) is 5.92 Å². The summed E-state index contributed by atoms with van der Waals surface area (Å²) in [6, 6.07) is 0.340. The Labute approximate surface area is 110 Å². The fraction of sp³-hybridized carbons (Fsp3) is 1.00. The Balaban J connectivity index is 2.06. The lowest BCUT2D eigenvalue weighted by Crippen LogP contribution is -2.54. The van der Waals surface area contributed by atoms with Gasteiger partial charge in [-0.05, 0) is 46.6 Å². The van der Waals surface area contributed by atoms with Gasteiger partial charge >= 0.3 is 0 Å². The van der Waals surface area contributed by atoms with E-state index in [9.17, 15) is 10.2 Å². The third kappa shape index (κ3) is 3.23. The second-order valence-electron chi connectivity index (χ2n) is 6.78.